The quantitative estimate of drug-likeness (QED) is 0.485. The van der Waals surface area contributed by atoms with Gasteiger partial charge in [-0.05, 0) is 12.8 Å². The van der Waals surface area contributed by atoms with Crippen molar-refractivity contribution in [2.45, 2.75) is 75.7 Å². The lowest BCUT2D eigenvalue weighted by Gasteiger charge is -2.17. The highest BCUT2D eigenvalue weighted by molar-refractivity contribution is 7.97. The first kappa shape index (κ1) is 21.3. The third-order valence-corrected chi connectivity index (χ3v) is 10.4. The molecule has 0 aromatic rings. The van der Waals surface area contributed by atoms with Crippen LogP contribution in [0.25, 0.3) is 0 Å². The largest absolute Gasteiger partial charge is 0.259 e. The van der Waals surface area contributed by atoms with Crippen molar-refractivity contribution < 1.29 is 16.8 Å². The van der Waals surface area contributed by atoms with E-state index in [1.807, 2.05) is 0 Å². The van der Waals surface area contributed by atoms with Crippen LogP contribution in [-0.4, -0.2) is 50.3 Å². The fourth-order valence-corrected chi connectivity index (χ4v) is 10.4. The predicted octanol–water partition coefficient (Wildman–Crippen LogP) is 2.81. The molecular formula is C16H32O4S3. The molecule has 0 aliphatic carbocycles. The smallest absolute Gasteiger partial charge is 0.152 e. The Labute approximate surface area is 147 Å². The van der Waals surface area contributed by atoms with E-state index in [-0.39, 0.29) is 11.5 Å². The normalized spacial score (nSPS) is 26.2. The molecule has 1 saturated heterocycles. The van der Waals surface area contributed by atoms with Gasteiger partial charge in [-0.15, -0.1) is 0 Å². The topological polar surface area (TPSA) is 68.3 Å². The van der Waals surface area contributed by atoms with E-state index in [2.05, 4.69) is 13.8 Å². The summed E-state index contributed by atoms with van der Waals surface area (Å²) in [5.41, 5.74) is 0. The van der Waals surface area contributed by atoms with Crippen molar-refractivity contribution in [2.75, 3.05) is 23.0 Å². The van der Waals surface area contributed by atoms with Gasteiger partial charge in [-0.25, -0.2) is 8.42 Å². The molecule has 4 nitrogen and oxygen atoms in total. The first-order valence-electron chi connectivity index (χ1n) is 8.86. The van der Waals surface area contributed by atoms with Crippen LogP contribution in [0.4, 0.5) is 0 Å². The molecule has 23 heavy (non-hydrogen) atoms. The second-order valence-corrected chi connectivity index (χ2v) is 12.1. The number of unbranched alkanes of at least 4 members (excludes halogenated alkanes) is 6. The number of rotatable bonds is 12. The van der Waals surface area contributed by atoms with Crippen molar-refractivity contribution in [1.82, 2.24) is 0 Å². The second-order valence-electron chi connectivity index (χ2n) is 6.44. The van der Waals surface area contributed by atoms with Gasteiger partial charge < -0.3 is 0 Å². The minimum atomic E-state index is -3.19. The monoisotopic (exact) mass is 384 g/mol. The lowest BCUT2D eigenvalue weighted by atomic mass is 10.2. The third kappa shape index (κ3) is 7.78. The Hall–Kier alpha value is 0.250. The summed E-state index contributed by atoms with van der Waals surface area (Å²) in [5, 5.41) is -0.845. The zero-order valence-electron chi connectivity index (χ0n) is 14.5. The van der Waals surface area contributed by atoms with Crippen LogP contribution in [0.5, 0.6) is 0 Å². The van der Waals surface area contributed by atoms with E-state index in [1.54, 1.807) is 0 Å². The molecule has 0 N–H and O–H groups in total. The molecule has 138 valence electrons. The Kier molecular flexibility index (Phi) is 10.2. The van der Waals surface area contributed by atoms with Gasteiger partial charge in [0.05, 0.1) is 22.0 Å². The molecule has 7 heteroatoms. The number of hydrogen-bond acceptors (Lipinski definition) is 4. The van der Waals surface area contributed by atoms with Gasteiger partial charge in [-0.3, -0.25) is 8.42 Å². The van der Waals surface area contributed by atoms with Gasteiger partial charge in [-0.1, -0.05) is 52.4 Å². The standard InChI is InChI=1S/C16H32O4S3/c1-3-5-7-9-11-21(17)15-13-23(19,20)14-16(15)22(18)12-10-8-6-4-2/h15-16H,3-14H2,1-2H3/t15-,16-,21-,22-/m0/s1. The Morgan fingerprint density at radius 2 is 1.13 bits per heavy atom. The average molecular weight is 385 g/mol. The molecular weight excluding hydrogens is 352 g/mol. The average Bonchev–Trinajstić information content (AvgIpc) is 2.84. The molecule has 1 aliphatic heterocycles. The van der Waals surface area contributed by atoms with Crippen LogP contribution in [0.2, 0.25) is 0 Å². The van der Waals surface area contributed by atoms with Crippen molar-refractivity contribution in [3.63, 3.8) is 0 Å². The van der Waals surface area contributed by atoms with Gasteiger partial charge in [0.1, 0.15) is 0 Å². The Bertz CT molecular complexity index is 450. The lowest BCUT2D eigenvalue weighted by molar-refractivity contribution is 0.602. The highest BCUT2D eigenvalue weighted by Crippen LogP contribution is 2.24. The SMILES string of the molecule is CCCCCC[S@](=O)[C@H]1CS(=O)(=O)C[C@@H]1[S@@](=O)CCCCCC. The van der Waals surface area contributed by atoms with Crippen LogP contribution in [-0.2, 0) is 31.4 Å². The van der Waals surface area contributed by atoms with Gasteiger partial charge in [-0.2, -0.15) is 0 Å². The van der Waals surface area contributed by atoms with Crippen molar-refractivity contribution in [2.24, 2.45) is 0 Å². The van der Waals surface area contributed by atoms with E-state index >= 15 is 0 Å². The minimum absolute atomic E-state index is 0.0429. The van der Waals surface area contributed by atoms with E-state index < -0.39 is 41.9 Å². The van der Waals surface area contributed by atoms with E-state index in [0.717, 1.165) is 51.4 Å². The summed E-state index contributed by atoms with van der Waals surface area (Å²) in [6.45, 7) is 4.25. The van der Waals surface area contributed by atoms with Gasteiger partial charge in [0.25, 0.3) is 0 Å². The van der Waals surface area contributed by atoms with Crippen LogP contribution in [0.1, 0.15) is 65.2 Å². The van der Waals surface area contributed by atoms with E-state index in [1.165, 1.54) is 0 Å². The van der Waals surface area contributed by atoms with Gasteiger partial charge in [0, 0.05) is 33.1 Å². The summed E-state index contributed by atoms with van der Waals surface area (Å²) in [6, 6.07) is 0. The van der Waals surface area contributed by atoms with Crippen molar-refractivity contribution in [3.05, 3.63) is 0 Å². The number of hydrogen-bond donors (Lipinski definition) is 0. The van der Waals surface area contributed by atoms with Gasteiger partial charge >= 0.3 is 0 Å². The molecule has 1 heterocycles. The molecule has 0 amide bonds. The highest BCUT2D eigenvalue weighted by atomic mass is 32.2. The molecule has 0 aromatic carbocycles. The molecule has 0 spiro atoms. The van der Waals surface area contributed by atoms with E-state index in [4.69, 9.17) is 0 Å². The fourth-order valence-electron chi connectivity index (χ4n) is 2.92. The summed E-state index contributed by atoms with van der Waals surface area (Å²) in [5.74, 6) is 1.00. The second kappa shape index (κ2) is 11.0. The summed E-state index contributed by atoms with van der Waals surface area (Å²) in [6.07, 6.45) is 8.28. The van der Waals surface area contributed by atoms with Crippen LogP contribution >= 0.6 is 0 Å². The maximum absolute atomic E-state index is 12.5. The summed E-state index contributed by atoms with van der Waals surface area (Å²) >= 11 is 0. The lowest BCUT2D eigenvalue weighted by Crippen LogP contribution is -2.34. The Morgan fingerprint density at radius 3 is 1.48 bits per heavy atom. The number of sulfone groups is 1. The maximum Gasteiger partial charge on any atom is 0.152 e. The van der Waals surface area contributed by atoms with Crippen molar-refractivity contribution in [1.29, 1.82) is 0 Å². The molecule has 0 bridgehead atoms. The van der Waals surface area contributed by atoms with Crippen LogP contribution < -0.4 is 0 Å². The Morgan fingerprint density at radius 1 is 0.739 bits per heavy atom. The molecule has 0 unspecified atom stereocenters. The summed E-state index contributed by atoms with van der Waals surface area (Å²) in [4.78, 5) is 0. The van der Waals surface area contributed by atoms with Crippen molar-refractivity contribution in [3.8, 4) is 0 Å². The van der Waals surface area contributed by atoms with Crippen LogP contribution in [0.3, 0.4) is 0 Å². The predicted molar refractivity (Wildman–Crippen MR) is 101 cm³/mol. The minimum Gasteiger partial charge on any atom is -0.259 e. The zero-order chi connectivity index (χ0) is 17.3. The first-order chi connectivity index (χ1) is 10.9. The van der Waals surface area contributed by atoms with Crippen LogP contribution in [0.15, 0.2) is 0 Å². The molecule has 0 radical (unpaired) electrons. The first-order valence-corrected chi connectivity index (χ1v) is 13.4. The van der Waals surface area contributed by atoms with E-state index in [0.29, 0.717) is 11.5 Å². The van der Waals surface area contributed by atoms with Gasteiger partial charge in [0.15, 0.2) is 9.84 Å². The summed E-state index contributed by atoms with van der Waals surface area (Å²) < 4.78 is 48.9. The molecule has 0 aromatic heterocycles. The molecule has 0 saturated carbocycles. The maximum atomic E-state index is 12.5. The molecule has 1 aliphatic rings. The molecule has 4 atom stereocenters. The van der Waals surface area contributed by atoms with Crippen molar-refractivity contribution >= 4 is 31.4 Å². The highest BCUT2D eigenvalue weighted by Gasteiger charge is 2.43. The van der Waals surface area contributed by atoms with Gasteiger partial charge in [0.2, 0.25) is 0 Å². The third-order valence-electron chi connectivity index (χ3n) is 4.32. The molecule has 1 rings (SSSR count). The van der Waals surface area contributed by atoms with Crippen LogP contribution in [0, 0.1) is 0 Å². The fraction of sp³-hybridized carbons (Fsp3) is 1.00. The molecule has 1 fully saturated rings. The summed E-state index contributed by atoms with van der Waals surface area (Å²) in [7, 11) is -5.55. The Balaban J connectivity index is 2.56. The van der Waals surface area contributed by atoms with E-state index in [9.17, 15) is 16.8 Å². The zero-order valence-corrected chi connectivity index (χ0v) is 16.9.